The quantitative estimate of drug-likeness (QED) is 0.793. The largest absolute Gasteiger partial charge is 0.497 e. The molecule has 2 aliphatic heterocycles. The molecule has 8 heteroatoms. The number of aromatic nitrogens is 2. The molecule has 0 unspecified atom stereocenters. The zero-order valence-electron chi connectivity index (χ0n) is 15.3. The summed E-state index contributed by atoms with van der Waals surface area (Å²) in [7, 11) is 1.62. The molecular weight excluding hydrogens is 350 g/mol. The van der Waals surface area contributed by atoms with Crippen molar-refractivity contribution in [2.24, 2.45) is 0 Å². The van der Waals surface area contributed by atoms with Crippen molar-refractivity contribution in [2.45, 2.75) is 31.5 Å². The maximum atomic E-state index is 12.5. The van der Waals surface area contributed by atoms with Gasteiger partial charge in [0.1, 0.15) is 5.75 Å². The van der Waals surface area contributed by atoms with Crippen LogP contribution in [0.5, 0.6) is 5.75 Å². The van der Waals surface area contributed by atoms with Gasteiger partial charge in [-0.05, 0) is 24.3 Å². The first kappa shape index (κ1) is 17.9. The van der Waals surface area contributed by atoms with E-state index in [2.05, 4.69) is 10.2 Å². The number of aryl methyl sites for hydroxylation is 1. The van der Waals surface area contributed by atoms with Gasteiger partial charge in [0.25, 0.3) is 0 Å². The number of likely N-dealkylation sites (tertiary alicyclic amines) is 1. The van der Waals surface area contributed by atoms with Gasteiger partial charge in [0.05, 0.1) is 20.3 Å². The van der Waals surface area contributed by atoms with Crippen molar-refractivity contribution in [1.82, 2.24) is 15.1 Å². The lowest BCUT2D eigenvalue weighted by Gasteiger charge is -2.37. The second-order valence-electron chi connectivity index (χ2n) is 6.72. The van der Waals surface area contributed by atoms with E-state index in [-0.39, 0.29) is 5.91 Å². The lowest BCUT2D eigenvalue weighted by molar-refractivity contribution is -0.187. The lowest BCUT2D eigenvalue weighted by atomic mass is 10.0. The Labute approximate surface area is 157 Å². The summed E-state index contributed by atoms with van der Waals surface area (Å²) in [6.07, 6.45) is 2.22. The lowest BCUT2D eigenvalue weighted by Crippen LogP contribution is -2.47. The smallest absolute Gasteiger partial charge is 0.247 e. The molecule has 2 fully saturated rings. The summed E-state index contributed by atoms with van der Waals surface area (Å²) in [5, 5.41) is 8.12. The third-order valence-electron chi connectivity index (χ3n) is 5.05. The molecule has 4 rings (SSSR count). The third kappa shape index (κ3) is 3.96. The highest BCUT2D eigenvalue weighted by molar-refractivity contribution is 5.76. The Bertz CT molecular complexity index is 773. The summed E-state index contributed by atoms with van der Waals surface area (Å²) in [6, 6.07) is 7.39. The van der Waals surface area contributed by atoms with E-state index < -0.39 is 5.79 Å². The molecule has 2 aliphatic rings. The molecule has 2 aromatic rings. The van der Waals surface area contributed by atoms with Gasteiger partial charge in [-0.1, -0.05) is 0 Å². The van der Waals surface area contributed by atoms with E-state index in [1.807, 2.05) is 29.2 Å². The minimum Gasteiger partial charge on any atom is -0.497 e. The third-order valence-corrected chi connectivity index (χ3v) is 5.05. The standard InChI is InChI=1S/C19H23N3O5/c1-24-15-4-2-14(3-5-15)18-21-20-16(27-18)6-7-17(23)22-10-8-19(9-11-22)25-12-13-26-19/h2-5H,6-13H2,1H3. The van der Waals surface area contributed by atoms with Crippen LogP contribution < -0.4 is 4.74 Å². The summed E-state index contributed by atoms with van der Waals surface area (Å²) in [6.45, 7) is 2.59. The fraction of sp³-hybridized carbons (Fsp3) is 0.526. The van der Waals surface area contributed by atoms with Gasteiger partial charge in [-0.15, -0.1) is 10.2 Å². The van der Waals surface area contributed by atoms with Crippen LogP contribution in [0.1, 0.15) is 25.2 Å². The molecule has 0 radical (unpaired) electrons. The van der Waals surface area contributed by atoms with Crippen molar-refractivity contribution < 1.29 is 23.4 Å². The van der Waals surface area contributed by atoms with E-state index in [0.717, 1.165) is 24.2 Å². The van der Waals surface area contributed by atoms with Crippen molar-refractivity contribution in [1.29, 1.82) is 0 Å². The first-order chi connectivity index (χ1) is 13.2. The van der Waals surface area contributed by atoms with E-state index in [1.54, 1.807) is 7.11 Å². The Morgan fingerprint density at radius 3 is 2.52 bits per heavy atom. The highest BCUT2D eigenvalue weighted by atomic mass is 16.7. The second-order valence-corrected chi connectivity index (χ2v) is 6.72. The SMILES string of the molecule is COc1ccc(-c2nnc(CCC(=O)N3CCC4(CC3)OCCO4)o2)cc1. The minimum atomic E-state index is -0.462. The molecule has 1 amide bonds. The predicted molar refractivity (Wildman–Crippen MR) is 95.1 cm³/mol. The second kappa shape index (κ2) is 7.66. The number of hydrogen-bond acceptors (Lipinski definition) is 7. The average molecular weight is 373 g/mol. The number of carbonyl (C=O) groups is 1. The fourth-order valence-corrected chi connectivity index (χ4v) is 3.46. The summed E-state index contributed by atoms with van der Waals surface area (Å²) >= 11 is 0. The first-order valence-electron chi connectivity index (χ1n) is 9.20. The van der Waals surface area contributed by atoms with Gasteiger partial charge in [-0.25, -0.2) is 0 Å². The van der Waals surface area contributed by atoms with Gasteiger partial charge in [0, 0.05) is 44.3 Å². The zero-order chi connectivity index (χ0) is 18.7. The number of benzene rings is 1. The van der Waals surface area contributed by atoms with Crippen molar-refractivity contribution >= 4 is 5.91 Å². The first-order valence-corrected chi connectivity index (χ1v) is 9.20. The number of rotatable bonds is 5. The van der Waals surface area contributed by atoms with Gasteiger partial charge in [0.15, 0.2) is 5.79 Å². The number of ether oxygens (including phenoxy) is 3. The van der Waals surface area contributed by atoms with Crippen LogP contribution in [0.2, 0.25) is 0 Å². The van der Waals surface area contributed by atoms with Crippen LogP contribution in [0.3, 0.4) is 0 Å². The molecule has 0 saturated carbocycles. The van der Waals surface area contributed by atoms with Gasteiger partial charge in [0.2, 0.25) is 17.7 Å². The van der Waals surface area contributed by atoms with Gasteiger partial charge >= 0.3 is 0 Å². The van der Waals surface area contributed by atoms with Gasteiger partial charge < -0.3 is 23.5 Å². The average Bonchev–Trinajstić information content (AvgIpc) is 3.37. The van der Waals surface area contributed by atoms with Crippen molar-refractivity contribution in [2.75, 3.05) is 33.4 Å². The van der Waals surface area contributed by atoms with Crippen LogP contribution >= 0.6 is 0 Å². The molecule has 1 aromatic carbocycles. The highest BCUT2D eigenvalue weighted by Crippen LogP contribution is 2.31. The molecule has 0 bridgehead atoms. The van der Waals surface area contributed by atoms with Crippen LogP contribution in [-0.2, 0) is 20.7 Å². The number of piperidine rings is 1. The molecule has 0 aliphatic carbocycles. The normalized spacial score (nSPS) is 18.8. The van der Waals surface area contributed by atoms with Crippen molar-refractivity contribution in [3.8, 4) is 17.2 Å². The summed E-state index contributed by atoms with van der Waals surface area (Å²) in [5.74, 6) is 1.30. The maximum absolute atomic E-state index is 12.5. The fourth-order valence-electron chi connectivity index (χ4n) is 3.46. The molecule has 3 heterocycles. The van der Waals surface area contributed by atoms with Gasteiger partial charge in [-0.2, -0.15) is 0 Å². The summed E-state index contributed by atoms with van der Waals surface area (Å²) in [4.78, 5) is 14.3. The van der Waals surface area contributed by atoms with Crippen LogP contribution in [0.15, 0.2) is 28.7 Å². The molecule has 0 atom stereocenters. The highest BCUT2D eigenvalue weighted by Gasteiger charge is 2.40. The molecular formula is C19H23N3O5. The van der Waals surface area contributed by atoms with Crippen LogP contribution in [0, 0.1) is 0 Å². The van der Waals surface area contributed by atoms with E-state index in [9.17, 15) is 4.79 Å². The molecule has 1 aromatic heterocycles. The number of carbonyl (C=O) groups excluding carboxylic acids is 1. The Balaban J connectivity index is 1.29. The molecule has 1 spiro atoms. The number of nitrogens with zero attached hydrogens (tertiary/aromatic N) is 3. The molecule has 144 valence electrons. The zero-order valence-corrected chi connectivity index (χ0v) is 15.3. The van der Waals surface area contributed by atoms with Crippen LogP contribution in [-0.4, -0.2) is 60.2 Å². The molecule has 27 heavy (non-hydrogen) atoms. The van der Waals surface area contributed by atoms with E-state index in [4.69, 9.17) is 18.6 Å². The number of hydrogen-bond donors (Lipinski definition) is 0. The van der Waals surface area contributed by atoms with E-state index in [0.29, 0.717) is 50.9 Å². The predicted octanol–water partition coefficient (Wildman–Crippen LogP) is 2.04. The molecule has 2 saturated heterocycles. The Morgan fingerprint density at radius 2 is 1.85 bits per heavy atom. The Morgan fingerprint density at radius 1 is 1.15 bits per heavy atom. The Kier molecular flexibility index (Phi) is 5.09. The minimum absolute atomic E-state index is 0.0899. The monoisotopic (exact) mass is 373 g/mol. The molecule has 0 N–H and O–H groups in total. The number of methoxy groups -OCH3 is 1. The van der Waals surface area contributed by atoms with E-state index in [1.165, 1.54) is 0 Å². The number of amides is 1. The van der Waals surface area contributed by atoms with Crippen molar-refractivity contribution in [3.05, 3.63) is 30.2 Å². The Hall–Kier alpha value is -2.45. The van der Waals surface area contributed by atoms with Crippen LogP contribution in [0.4, 0.5) is 0 Å². The summed E-state index contributed by atoms with van der Waals surface area (Å²) in [5.41, 5.74) is 0.818. The summed E-state index contributed by atoms with van der Waals surface area (Å²) < 4.78 is 22.2. The van der Waals surface area contributed by atoms with Crippen molar-refractivity contribution in [3.63, 3.8) is 0 Å². The molecule has 8 nitrogen and oxygen atoms in total. The maximum Gasteiger partial charge on any atom is 0.247 e. The van der Waals surface area contributed by atoms with E-state index >= 15 is 0 Å². The topological polar surface area (TPSA) is 86.9 Å². The van der Waals surface area contributed by atoms with Gasteiger partial charge in [-0.3, -0.25) is 4.79 Å². The van der Waals surface area contributed by atoms with Crippen LogP contribution in [0.25, 0.3) is 11.5 Å².